The van der Waals surface area contributed by atoms with Crippen LogP contribution in [0.2, 0.25) is 0 Å². The van der Waals surface area contributed by atoms with Crippen molar-refractivity contribution in [3.63, 3.8) is 0 Å². The SMILES string of the molecule is NC(CC(=O)N1CCCC(c2nc(-c3ccc(F)cc3)no2)C1)c1ccccc1. The lowest BCUT2D eigenvalue weighted by atomic mass is 9.96. The Morgan fingerprint density at radius 2 is 1.97 bits per heavy atom. The van der Waals surface area contributed by atoms with Gasteiger partial charge in [-0.05, 0) is 42.7 Å². The standard InChI is InChI=1S/C22H23FN4O2/c23-18-10-8-16(9-11-18)21-25-22(29-26-21)17-7-4-12-27(14-17)20(28)13-19(24)15-5-2-1-3-6-15/h1-3,5-6,8-11,17,19H,4,7,12-14,24H2. The molecule has 1 aliphatic heterocycles. The van der Waals surface area contributed by atoms with Crippen LogP contribution in [0, 0.1) is 5.82 Å². The number of benzene rings is 2. The maximum absolute atomic E-state index is 13.1. The van der Waals surface area contributed by atoms with Crippen LogP contribution in [0.5, 0.6) is 0 Å². The number of nitrogens with zero attached hydrogens (tertiary/aromatic N) is 3. The number of nitrogens with two attached hydrogens (primary N) is 1. The van der Waals surface area contributed by atoms with E-state index in [1.54, 1.807) is 12.1 Å². The molecule has 1 aliphatic rings. The number of piperidine rings is 1. The number of aromatic nitrogens is 2. The van der Waals surface area contributed by atoms with Crippen LogP contribution in [0.25, 0.3) is 11.4 Å². The second-order valence-corrected chi connectivity index (χ2v) is 7.36. The van der Waals surface area contributed by atoms with Gasteiger partial charge >= 0.3 is 0 Å². The lowest BCUT2D eigenvalue weighted by Gasteiger charge is -2.31. The van der Waals surface area contributed by atoms with Crippen LogP contribution in [0.1, 0.15) is 42.7 Å². The van der Waals surface area contributed by atoms with E-state index in [1.165, 1.54) is 12.1 Å². The molecule has 2 aromatic carbocycles. The zero-order valence-corrected chi connectivity index (χ0v) is 16.0. The lowest BCUT2D eigenvalue weighted by Crippen LogP contribution is -2.40. The summed E-state index contributed by atoms with van der Waals surface area (Å²) >= 11 is 0. The fraction of sp³-hybridized carbons (Fsp3) is 0.318. The highest BCUT2D eigenvalue weighted by molar-refractivity contribution is 5.77. The first kappa shape index (κ1) is 19.3. The second kappa shape index (κ2) is 8.53. The summed E-state index contributed by atoms with van der Waals surface area (Å²) in [6.45, 7) is 1.24. The maximum Gasteiger partial charge on any atom is 0.231 e. The quantitative estimate of drug-likeness (QED) is 0.714. The summed E-state index contributed by atoms with van der Waals surface area (Å²) in [6.07, 6.45) is 2.01. The van der Waals surface area contributed by atoms with Gasteiger partial charge in [0.05, 0.1) is 5.92 Å². The summed E-state index contributed by atoms with van der Waals surface area (Å²) in [6, 6.07) is 15.3. The molecular formula is C22H23FN4O2. The first-order valence-corrected chi connectivity index (χ1v) is 9.78. The predicted octanol–water partition coefficient (Wildman–Crippen LogP) is 3.67. The topological polar surface area (TPSA) is 85.3 Å². The van der Waals surface area contributed by atoms with Gasteiger partial charge in [-0.2, -0.15) is 4.98 Å². The van der Waals surface area contributed by atoms with Crippen LogP contribution in [0.15, 0.2) is 59.1 Å². The summed E-state index contributed by atoms with van der Waals surface area (Å²) in [5, 5.41) is 4.02. The molecule has 0 bridgehead atoms. The number of likely N-dealkylation sites (tertiary alicyclic amines) is 1. The molecule has 150 valence electrons. The summed E-state index contributed by atoms with van der Waals surface area (Å²) in [7, 11) is 0. The minimum absolute atomic E-state index is 0.0117. The molecule has 0 saturated carbocycles. The number of amides is 1. The summed E-state index contributed by atoms with van der Waals surface area (Å²) in [5.41, 5.74) is 7.86. The van der Waals surface area contributed by atoms with Crippen LogP contribution < -0.4 is 5.73 Å². The zero-order valence-electron chi connectivity index (χ0n) is 16.0. The van der Waals surface area contributed by atoms with Crippen LogP contribution in [-0.4, -0.2) is 34.0 Å². The normalized spacial score (nSPS) is 17.9. The molecule has 2 heterocycles. The van der Waals surface area contributed by atoms with Gasteiger partial charge in [-0.25, -0.2) is 4.39 Å². The van der Waals surface area contributed by atoms with E-state index in [0.717, 1.165) is 18.4 Å². The molecule has 2 N–H and O–H groups in total. The lowest BCUT2D eigenvalue weighted by molar-refractivity contribution is -0.132. The number of carbonyl (C=O) groups excluding carboxylic acids is 1. The molecule has 7 heteroatoms. The molecule has 0 spiro atoms. The third kappa shape index (κ3) is 4.51. The average molecular weight is 394 g/mol. The van der Waals surface area contributed by atoms with E-state index in [9.17, 15) is 9.18 Å². The Kier molecular flexibility index (Phi) is 5.67. The summed E-state index contributed by atoms with van der Waals surface area (Å²) in [5.74, 6) is 0.642. The van der Waals surface area contributed by atoms with Crippen LogP contribution in [-0.2, 0) is 4.79 Å². The van der Waals surface area contributed by atoms with Gasteiger partial charge in [0, 0.05) is 31.1 Å². The Bertz CT molecular complexity index is 958. The van der Waals surface area contributed by atoms with Crippen molar-refractivity contribution >= 4 is 5.91 Å². The highest BCUT2D eigenvalue weighted by Crippen LogP contribution is 2.28. The Labute approximate surface area is 168 Å². The zero-order chi connectivity index (χ0) is 20.2. The van der Waals surface area contributed by atoms with Crippen molar-refractivity contribution in [2.75, 3.05) is 13.1 Å². The molecule has 0 radical (unpaired) electrons. The number of hydrogen-bond donors (Lipinski definition) is 1. The fourth-order valence-corrected chi connectivity index (χ4v) is 3.66. The number of halogens is 1. The smallest absolute Gasteiger partial charge is 0.231 e. The molecule has 2 unspecified atom stereocenters. The van der Waals surface area contributed by atoms with Gasteiger partial charge in [0.1, 0.15) is 5.82 Å². The van der Waals surface area contributed by atoms with Crippen molar-refractivity contribution in [3.05, 3.63) is 71.9 Å². The molecule has 4 rings (SSSR count). The van der Waals surface area contributed by atoms with Gasteiger partial charge < -0.3 is 15.2 Å². The largest absolute Gasteiger partial charge is 0.342 e. The van der Waals surface area contributed by atoms with Gasteiger partial charge in [0.15, 0.2) is 0 Å². The Hall–Kier alpha value is -3.06. The van der Waals surface area contributed by atoms with E-state index in [2.05, 4.69) is 10.1 Å². The minimum atomic E-state index is -0.322. The van der Waals surface area contributed by atoms with E-state index in [0.29, 0.717) is 30.4 Å². The molecule has 2 atom stereocenters. The van der Waals surface area contributed by atoms with E-state index in [1.807, 2.05) is 35.2 Å². The molecule has 3 aromatic rings. The fourth-order valence-electron chi connectivity index (χ4n) is 3.66. The van der Waals surface area contributed by atoms with Crippen molar-refractivity contribution in [2.45, 2.75) is 31.2 Å². The van der Waals surface area contributed by atoms with Crippen molar-refractivity contribution in [1.82, 2.24) is 15.0 Å². The van der Waals surface area contributed by atoms with Crippen LogP contribution >= 0.6 is 0 Å². The minimum Gasteiger partial charge on any atom is -0.342 e. The number of hydrogen-bond acceptors (Lipinski definition) is 5. The highest BCUT2D eigenvalue weighted by Gasteiger charge is 2.29. The maximum atomic E-state index is 13.1. The van der Waals surface area contributed by atoms with Crippen molar-refractivity contribution in [2.24, 2.45) is 5.73 Å². The molecule has 0 aliphatic carbocycles. The summed E-state index contributed by atoms with van der Waals surface area (Å²) < 4.78 is 18.6. The van der Waals surface area contributed by atoms with E-state index < -0.39 is 0 Å². The average Bonchev–Trinajstić information content (AvgIpc) is 3.25. The Balaban J connectivity index is 1.40. The van der Waals surface area contributed by atoms with Crippen LogP contribution in [0.4, 0.5) is 4.39 Å². The van der Waals surface area contributed by atoms with E-state index in [-0.39, 0.29) is 30.1 Å². The Morgan fingerprint density at radius 1 is 1.21 bits per heavy atom. The third-order valence-corrected chi connectivity index (χ3v) is 5.29. The van der Waals surface area contributed by atoms with Gasteiger partial charge in [-0.15, -0.1) is 0 Å². The third-order valence-electron chi connectivity index (χ3n) is 5.29. The second-order valence-electron chi connectivity index (χ2n) is 7.36. The predicted molar refractivity (Wildman–Crippen MR) is 106 cm³/mol. The molecule has 1 aromatic heterocycles. The van der Waals surface area contributed by atoms with E-state index in [4.69, 9.17) is 10.3 Å². The van der Waals surface area contributed by atoms with Crippen molar-refractivity contribution in [3.8, 4) is 11.4 Å². The van der Waals surface area contributed by atoms with Crippen LogP contribution in [0.3, 0.4) is 0 Å². The number of rotatable bonds is 5. The highest BCUT2D eigenvalue weighted by atomic mass is 19.1. The van der Waals surface area contributed by atoms with Gasteiger partial charge in [0.25, 0.3) is 0 Å². The first-order chi connectivity index (χ1) is 14.1. The molecule has 1 saturated heterocycles. The molecule has 29 heavy (non-hydrogen) atoms. The number of carbonyl (C=O) groups is 1. The summed E-state index contributed by atoms with van der Waals surface area (Å²) in [4.78, 5) is 19.1. The van der Waals surface area contributed by atoms with Gasteiger partial charge in [-0.1, -0.05) is 35.5 Å². The molecule has 1 amide bonds. The van der Waals surface area contributed by atoms with Gasteiger partial charge in [-0.3, -0.25) is 4.79 Å². The molecule has 6 nitrogen and oxygen atoms in total. The van der Waals surface area contributed by atoms with Crippen molar-refractivity contribution < 1.29 is 13.7 Å². The first-order valence-electron chi connectivity index (χ1n) is 9.78. The van der Waals surface area contributed by atoms with Crippen molar-refractivity contribution in [1.29, 1.82) is 0 Å². The molecule has 1 fully saturated rings. The monoisotopic (exact) mass is 394 g/mol. The molecular weight excluding hydrogens is 371 g/mol. The Morgan fingerprint density at radius 3 is 2.72 bits per heavy atom. The van der Waals surface area contributed by atoms with Gasteiger partial charge in [0.2, 0.25) is 17.6 Å². The van der Waals surface area contributed by atoms with E-state index >= 15 is 0 Å².